The van der Waals surface area contributed by atoms with Crippen LogP contribution >= 0.6 is 0 Å². The molecule has 0 bridgehead atoms. The summed E-state index contributed by atoms with van der Waals surface area (Å²) in [7, 11) is 0. The van der Waals surface area contributed by atoms with Gasteiger partial charge < -0.3 is 79.5 Å². The summed E-state index contributed by atoms with van der Waals surface area (Å²) in [4.78, 5) is 0. The molecule has 0 radical (unpaired) electrons. The van der Waals surface area contributed by atoms with Crippen molar-refractivity contribution in [1.29, 1.82) is 0 Å². The van der Waals surface area contributed by atoms with Crippen LogP contribution in [0.4, 0.5) is 0 Å². The molecule has 4 fully saturated rings. The highest BCUT2D eigenvalue weighted by Crippen LogP contribution is 2.34. The fourth-order valence-corrected chi connectivity index (χ4v) is 5.36. The van der Waals surface area contributed by atoms with Crippen molar-refractivity contribution < 1.29 is 79.5 Å². The summed E-state index contributed by atoms with van der Waals surface area (Å²) < 4.78 is 33.4. The molecule has 4 aliphatic rings. The first kappa shape index (κ1) is 31.3. The van der Waals surface area contributed by atoms with E-state index in [0.29, 0.717) is 0 Å². The molecule has 16 nitrogen and oxygen atoms in total. The largest absolute Gasteiger partial charge is 0.394 e. The molecular weight excluding hydrogens is 532 g/mol. The van der Waals surface area contributed by atoms with Crippen molar-refractivity contribution in [2.24, 2.45) is 0 Å². The lowest BCUT2D eigenvalue weighted by atomic mass is 9.96. The summed E-state index contributed by atoms with van der Waals surface area (Å²) in [5, 5.41) is 103. The predicted octanol–water partition coefficient (Wildman–Crippen LogP) is -5.61. The van der Waals surface area contributed by atoms with Crippen molar-refractivity contribution in [3.63, 3.8) is 0 Å². The second-order valence-corrected chi connectivity index (χ2v) is 10.4. The average Bonchev–Trinajstić information content (AvgIpc) is 3.44. The molecule has 3 heterocycles. The molecule has 39 heavy (non-hydrogen) atoms. The molecule has 0 aromatic heterocycles. The molecule has 15 atom stereocenters. The Bertz CT molecular complexity index is 752. The molecule has 0 aromatic rings. The van der Waals surface area contributed by atoms with Gasteiger partial charge in [-0.25, -0.2) is 0 Å². The molecule has 4 rings (SSSR count). The summed E-state index contributed by atoms with van der Waals surface area (Å²) in [6.45, 7) is -2.18. The van der Waals surface area contributed by atoms with Gasteiger partial charge in [0.05, 0.1) is 25.9 Å². The molecule has 16 heteroatoms. The van der Waals surface area contributed by atoms with E-state index in [4.69, 9.17) is 28.4 Å². The first-order valence-corrected chi connectivity index (χ1v) is 13.1. The van der Waals surface area contributed by atoms with E-state index in [2.05, 4.69) is 0 Å². The van der Waals surface area contributed by atoms with Crippen LogP contribution in [0, 0.1) is 0 Å². The van der Waals surface area contributed by atoms with Crippen LogP contribution < -0.4 is 0 Å². The van der Waals surface area contributed by atoms with Crippen molar-refractivity contribution in [3.8, 4) is 0 Å². The van der Waals surface area contributed by atoms with Crippen LogP contribution in [0.25, 0.3) is 0 Å². The monoisotopic (exact) mass is 572 g/mol. The van der Waals surface area contributed by atoms with Crippen molar-refractivity contribution in [3.05, 3.63) is 0 Å². The highest BCUT2D eigenvalue weighted by Gasteiger charge is 2.54. The molecule has 1 aliphatic carbocycles. The number of hydrogen-bond donors (Lipinski definition) is 10. The van der Waals surface area contributed by atoms with E-state index >= 15 is 0 Å². The minimum atomic E-state index is -1.88. The molecule has 0 aromatic carbocycles. The van der Waals surface area contributed by atoms with E-state index in [1.807, 2.05) is 0 Å². The molecule has 0 spiro atoms. The maximum absolute atomic E-state index is 11.0. The summed E-state index contributed by atoms with van der Waals surface area (Å²) in [6, 6.07) is 0. The van der Waals surface area contributed by atoms with Gasteiger partial charge in [-0.15, -0.1) is 0 Å². The van der Waals surface area contributed by atoms with E-state index in [-0.39, 0.29) is 6.10 Å². The van der Waals surface area contributed by atoms with Gasteiger partial charge in [-0.05, 0) is 12.8 Å². The molecule has 1 saturated carbocycles. The molecule has 0 unspecified atom stereocenters. The Kier molecular flexibility index (Phi) is 10.9. The Hall–Kier alpha value is -0.640. The van der Waals surface area contributed by atoms with Gasteiger partial charge in [0, 0.05) is 0 Å². The SMILES string of the molecule is OC[C@H]1O[C@@H](O[C@@H]2[C@@H](O)[C@H](O[C@@H]3[C@@H](O)[C@H](OC4CCCC4)O[C@H](CO)[C@H]3O)O[C@H](CO)[C@H]2O)[C@H](O)[C@@H](O)[C@@H]1O. The van der Waals surface area contributed by atoms with Gasteiger partial charge in [-0.2, -0.15) is 0 Å². The van der Waals surface area contributed by atoms with Crippen LogP contribution in [0.1, 0.15) is 25.7 Å². The fourth-order valence-electron chi connectivity index (χ4n) is 5.36. The number of ether oxygens (including phenoxy) is 6. The zero-order chi connectivity index (χ0) is 28.4. The number of rotatable bonds is 9. The average molecular weight is 573 g/mol. The summed E-state index contributed by atoms with van der Waals surface area (Å²) in [6.07, 6.45) is -20.9. The van der Waals surface area contributed by atoms with Gasteiger partial charge >= 0.3 is 0 Å². The minimum absolute atomic E-state index is 0.207. The number of aliphatic hydroxyl groups excluding tert-OH is 10. The van der Waals surface area contributed by atoms with Gasteiger partial charge in [0.2, 0.25) is 0 Å². The Morgan fingerprint density at radius 1 is 0.462 bits per heavy atom. The van der Waals surface area contributed by atoms with Crippen LogP contribution in [0.2, 0.25) is 0 Å². The van der Waals surface area contributed by atoms with Crippen LogP contribution in [0.15, 0.2) is 0 Å². The van der Waals surface area contributed by atoms with Gasteiger partial charge in [-0.1, -0.05) is 12.8 Å². The lowest BCUT2D eigenvalue weighted by molar-refractivity contribution is -0.382. The molecule has 0 amide bonds. The van der Waals surface area contributed by atoms with Crippen molar-refractivity contribution in [2.75, 3.05) is 19.8 Å². The third-order valence-corrected chi connectivity index (χ3v) is 7.70. The highest BCUT2D eigenvalue weighted by atomic mass is 16.8. The molecular formula is C23H40O16. The second-order valence-electron chi connectivity index (χ2n) is 10.4. The third-order valence-electron chi connectivity index (χ3n) is 7.70. The standard InChI is InChI=1S/C23H40O16/c24-5-9-12(27)15(30)16(31)21(35-9)38-20-14(29)11(7-26)37-23(18(20)33)39-19-13(28)10(6-25)36-22(17(19)32)34-8-3-1-2-4-8/h8-33H,1-7H2/t9-,10-,11-,12-,13-,14-,15+,16-,17-,18-,19+,20+,21+,22-,23+/m1/s1. The predicted molar refractivity (Wildman–Crippen MR) is 122 cm³/mol. The van der Waals surface area contributed by atoms with Crippen molar-refractivity contribution in [1.82, 2.24) is 0 Å². The normalized spacial score (nSPS) is 49.8. The highest BCUT2D eigenvalue weighted by molar-refractivity contribution is 4.96. The molecule has 3 aliphatic heterocycles. The molecule has 10 N–H and O–H groups in total. The smallest absolute Gasteiger partial charge is 0.187 e. The summed E-state index contributed by atoms with van der Waals surface area (Å²) >= 11 is 0. The maximum Gasteiger partial charge on any atom is 0.187 e. The van der Waals surface area contributed by atoms with Gasteiger partial charge in [0.25, 0.3) is 0 Å². The van der Waals surface area contributed by atoms with E-state index in [1.165, 1.54) is 0 Å². The third kappa shape index (κ3) is 6.56. The first-order valence-electron chi connectivity index (χ1n) is 13.1. The van der Waals surface area contributed by atoms with E-state index < -0.39 is 112 Å². The van der Waals surface area contributed by atoms with Crippen molar-refractivity contribution in [2.45, 2.75) is 124 Å². The van der Waals surface area contributed by atoms with Crippen LogP contribution in [0.5, 0.6) is 0 Å². The van der Waals surface area contributed by atoms with E-state index in [1.54, 1.807) is 0 Å². The quantitative estimate of drug-likeness (QED) is 0.123. The Morgan fingerprint density at radius 2 is 0.846 bits per heavy atom. The lowest BCUT2D eigenvalue weighted by Gasteiger charge is -2.48. The molecule has 3 saturated heterocycles. The number of aliphatic hydroxyl groups is 10. The summed E-state index contributed by atoms with van der Waals surface area (Å²) in [5.74, 6) is 0. The van der Waals surface area contributed by atoms with Gasteiger partial charge in [-0.3, -0.25) is 0 Å². The van der Waals surface area contributed by atoms with Gasteiger partial charge in [0.1, 0.15) is 73.2 Å². The lowest BCUT2D eigenvalue weighted by Crippen LogP contribution is -2.67. The Balaban J connectivity index is 1.50. The fraction of sp³-hybridized carbons (Fsp3) is 1.00. The molecule has 228 valence electrons. The van der Waals surface area contributed by atoms with Crippen molar-refractivity contribution >= 4 is 0 Å². The topological polar surface area (TPSA) is 258 Å². The van der Waals surface area contributed by atoms with Gasteiger partial charge in [0.15, 0.2) is 18.9 Å². The zero-order valence-electron chi connectivity index (χ0n) is 21.1. The zero-order valence-corrected chi connectivity index (χ0v) is 21.1. The summed E-state index contributed by atoms with van der Waals surface area (Å²) in [5.41, 5.74) is 0. The van der Waals surface area contributed by atoms with E-state index in [0.717, 1.165) is 25.7 Å². The Morgan fingerprint density at radius 3 is 1.28 bits per heavy atom. The van der Waals surface area contributed by atoms with Crippen LogP contribution in [-0.2, 0) is 28.4 Å². The Labute approximate surface area is 223 Å². The minimum Gasteiger partial charge on any atom is -0.394 e. The van der Waals surface area contributed by atoms with E-state index in [9.17, 15) is 51.1 Å². The second kappa shape index (κ2) is 13.6. The maximum atomic E-state index is 11.0. The first-order chi connectivity index (χ1) is 18.6. The number of hydrogen-bond acceptors (Lipinski definition) is 16. The van der Waals surface area contributed by atoms with Crippen LogP contribution in [0.3, 0.4) is 0 Å². The van der Waals surface area contributed by atoms with Crippen LogP contribution in [-0.4, -0.2) is 169 Å².